The Balaban J connectivity index is 3.91. The fourth-order valence-electron chi connectivity index (χ4n) is 2.24. The summed E-state index contributed by atoms with van der Waals surface area (Å²) in [6, 6.07) is 1.46. The highest BCUT2D eigenvalue weighted by Gasteiger charge is 2.33. The van der Waals surface area contributed by atoms with E-state index in [2.05, 4.69) is 0 Å². The van der Waals surface area contributed by atoms with Crippen molar-refractivity contribution in [2.24, 2.45) is 0 Å². The number of phenols is 2. The van der Waals surface area contributed by atoms with Gasteiger partial charge in [0.2, 0.25) is 0 Å². The fourth-order valence-corrected chi connectivity index (χ4v) is 2.24. The Bertz CT molecular complexity index is 516. The van der Waals surface area contributed by atoms with E-state index in [1.807, 2.05) is 41.5 Å². The molecule has 0 atom stereocenters. The number of rotatable bonds is 1. The van der Waals surface area contributed by atoms with Gasteiger partial charge in [-0.2, -0.15) is 0 Å². The van der Waals surface area contributed by atoms with Crippen LogP contribution in [0.3, 0.4) is 0 Å². The molecule has 3 N–H and O–H groups in total. The number of benzene rings is 1. The summed E-state index contributed by atoms with van der Waals surface area (Å²) in [6.07, 6.45) is 0. The van der Waals surface area contributed by atoms with Crippen LogP contribution in [-0.2, 0) is 10.8 Å². The zero-order valence-electron chi connectivity index (χ0n) is 12.3. The Morgan fingerprint density at radius 2 is 1.47 bits per heavy atom. The van der Waals surface area contributed by atoms with E-state index in [4.69, 9.17) is 0 Å². The molecule has 19 heavy (non-hydrogen) atoms. The normalized spacial score (nSPS) is 12.5. The molecule has 0 saturated heterocycles. The van der Waals surface area contributed by atoms with Gasteiger partial charge in [0, 0.05) is 0 Å². The Morgan fingerprint density at radius 1 is 1.00 bits per heavy atom. The average Bonchev–Trinajstić information content (AvgIpc) is 2.17. The van der Waals surface area contributed by atoms with E-state index < -0.39 is 22.9 Å². The highest BCUT2D eigenvalue weighted by molar-refractivity contribution is 5.94. The third-order valence-electron chi connectivity index (χ3n) is 3.05. The standard InChI is InChI=1S/C15H22O4/c1-14(2,3)8-7-9(16)12(17)10(13(18)19)11(8)15(4,5)6/h7,16-17H,1-6H3,(H,18,19). The Hall–Kier alpha value is -1.71. The lowest BCUT2D eigenvalue weighted by Crippen LogP contribution is -2.25. The maximum atomic E-state index is 11.4. The molecule has 1 aromatic carbocycles. The van der Waals surface area contributed by atoms with Crippen LogP contribution >= 0.6 is 0 Å². The quantitative estimate of drug-likeness (QED) is 0.681. The van der Waals surface area contributed by atoms with Crippen molar-refractivity contribution in [3.63, 3.8) is 0 Å². The molecule has 0 aromatic heterocycles. The first-order valence-corrected chi connectivity index (χ1v) is 6.20. The van der Waals surface area contributed by atoms with Crippen molar-refractivity contribution in [2.45, 2.75) is 52.4 Å². The number of hydrogen-bond acceptors (Lipinski definition) is 3. The molecular weight excluding hydrogens is 244 g/mol. The predicted molar refractivity (Wildman–Crippen MR) is 74.1 cm³/mol. The molecule has 4 heteroatoms. The Kier molecular flexibility index (Phi) is 3.59. The smallest absolute Gasteiger partial charge is 0.339 e. The van der Waals surface area contributed by atoms with Gasteiger partial charge < -0.3 is 15.3 Å². The van der Waals surface area contributed by atoms with E-state index in [1.165, 1.54) is 6.07 Å². The summed E-state index contributed by atoms with van der Waals surface area (Å²) in [5.74, 6) is -2.19. The molecule has 0 bridgehead atoms. The first-order valence-electron chi connectivity index (χ1n) is 6.20. The molecular formula is C15H22O4. The second-order valence-electron chi connectivity index (χ2n) is 6.85. The summed E-state index contributed by atoms with van der Waals surface area (Å²) >= 11 is 0. The van der Waals surface area contributed by atoms with Gasteiger partial charge in [-0.15, -0.1) is 0 Å². The molecule has 0 aliphatic carbocycles. The number of carboxylic acids is 1. The number of aromatic hydroxyl groups is 2. The maximum Gasteiger partial charge on any atom is 0.339 e. The topological polar surface area (TPSA) is 77.8 Å². The highest BCUT2D eigenvalue weighted by Crippen LogP contribution is 2.43. The predicted octanol–water partition coefficient (Wildman–Crippen LogP) is 3.39. The summed E-state index contributed by atoms with van der Waals surface area (Å²) in [6.45, 7) is 11.5. The van der Waals surface area contributed by atoms with Gasteiger partial charge in [-0.25, -0.2) is 4.79 Å². The molecule has 0 unspecified atom stereocenters. The average molecular weight is 266 g/mol. The van der Waals surface area contributed by atoms with Crippen molar-refractivity contribution in [1.29, 1.82) is 0 Å². The van der Waals surface area contributed by atoms with Crippen molar-refractivity contribution in [3.8, 4) is 11.5 Å². The largest absolute Gasteiger partial charge is 0.504 e. The van der Waals surface area contributed by atoms with Crippen molar-refractivity contribution in [2.75, 3.05) is 0 Å². The lowest BCUT2D eigenvalue weighted by Gasteiger charge is -2.32. The molecule has 0 heterocycles. The van der Waals surface area contributed by atoms with E-state index in [-0.39, 0.29) is 11.0 Å². The van der Waals surface area contributed by atoms with Crippen LogP contribution in [0.1, 0.15) is 63.0 Å². The van der Waals surface area contributed by atoms with Crippen molar-refractivity contribution >= 4 is 5.97 Å². The molecule has 4 nitrogen and oxygen atoms in total. The van der Waals surface area contributed by atoms with Crippen LogP contribution in [0.25, 0.3) is 0 Å². The molecule has 106 valence electrons. The molecule has 0 radical (unpaired) electrons. The minimum Gasteiger partial charge on any atom is -0.504 e. The maximum absolute atomic E-state index is 11.4. The minimum absolute atomic E-state index is 0.211. The van der Waals surface area contributed by atoms with Crippen LogP contribution in [0.15, 0.2) is 6.07 Å². The van der Waals surface area contributed by atoms with E-state index in [1.54, 1.807) is 0 Å². The molecule has 0 fully saturated rings. The highest BCUT2D eigenvalue weighted by atomic mass is 16.4. The van der Waals surface area contributed by atoms with Gasteiger partial charge in [-0.05, 0) is 28.0 Å². The van der Waals surface area contributed by atoms with Gasteiger partial charge in [0.15, 0.2) is 11.5 Å². The number of carbonyl (C=O) groups is 1. The van der Waals surface area contributed by atoms with E-state index >= 15 is 0 Å². The van der Waals surface area contributed by atoms with Crippen LogP contribution in [0.4, 0.5) is 0 Å². The van der Waals surface area contributed by atoms with E-state index in [0.717, 1.165) is 5.56 Å². The molecule has 0 aliphatic rings. The lowest BCUT2D eigenvalue weighted by atomic mass is 9.73. The van der Waals surface area contributed by atoms with Gasteiger partial charge in [0.05, 0.1) is 0 Å². The third-order valence-corrected chi connectivity index (χ3v) is 3.05. The fraction of sp³-hybridized carbons (Fsp3) is 0.533. The van der Waals surface area contributed by atoms with Crippen LogP contribution in [0.2, 0.25) is 0 Å². The summed E-state index contributed by atoms with van der Waals surface area (Å²) in [7, 11) is 0. The molecule has 0 saturated carbocycles. The van der Waals surface area contributed by atoms with Gasteiger partial charge >= 0.3 is 5.97 Å². The lowest BCUT2D eigenvalue weighted by molar-refractivity contribution is 0.0689. The van der Waals surface area contributed by atoms with Gasteiger partial charge in [-0.3, -0.25) is 0 Å². The van der Waals surface area contributed by atoms with Crippen molar-refractivity contribution in [3.05, 3.63) is 22.8 Å². The Morgan fingerprint density at radius 3 is 1.79 bits per heavy atom. The second-order valence-corrected chi connectivity index (χ2v) is 6.85. The van der Waals surface area contributed by atoms with Crippen LogP contribution < -0.4 is 0 Å². The molecule has 1 rings (SSSR count). The first-order chi connectivity index (χ1) is 8.37. The zero-order valence-corrected chi connectivity index (χ0v) is 12.3. The number of hydrogen-bond donors (Lipinski definition) is 3. The van der Waals surface area contributed by atoms with Gasteiger partial charge in [0.25, 0.3) is 0 Å². The summed E-state index contributed by atoms with van der Waals surface area (Å²) < 4.78 is 0. The SMILES string of the molecule is CC(C)(C)c1cc(O)c(O)c(C(=O)O)c1C(C)(C)C. The summed E-state index contributed by atoms with van der Waals surface area (Å²) in [5, 5.41) is 29.0. The first kappa shape index (κ1) is 15.3. The third kappa shape index (κ3) is 2.83. The van der Waals surface area contributed by atoms with Gasteiger partial charge in [0.1, 0.15) is 5.56 Å². The van der Waals surface area contributed by atoms with Crippen LogP contribution in [-0.4, -0.2) is 21.3 Å². The zero-order chi connectivity index (χ0) is 15.2. The molecule has 0 aliphatic heterocycles. The van der Waals surface area contributed by atoms with Gasteiger partial charge in [-0.1, -0.05) is 41.5 Å². The second kappa shape index (κ2) is 4.44. The number of aromatic carboxylic acids is 1. The monoisotopic (exact) mass is 266 g/mol. The van der Waals surface area contributed by atoms with E-state index in [9.17, 15) is 20.1 Å². The molecule has 0 spiro atoms. The van der Waals surface area contributed by atoms with E-state index in [0.29, 0.717) is 5.56 Å². The Labute approximate surface area is 113 Å². The number of carboxylic acid groups (broad SMARTS) is 1. The minimum atomic E-state index is -1.23. The molecule has 1 aromatic rings. The van der Waals surface area contributed by atoms with Crippen LogP contribution in [0.5, 0.6) is 11.5 Å². The van der Waals surface area contributed by atoms with Crippen LogP contribution in [0, 0.1) is 0 Å². The summed E-state index contributed by atoms with van der Waals surface area (Å²) in [5.41, 5.74) is 0.285. The summed E-state index contributed by atoms with van der Waals surface area (Å²) in [4.78, 5) is 11.4. The molecule has 0 amide bonds. The van der Waals surface area contributed by atoms with Crippen molar-refractivity contribution in [1.82, 2.24) is 0 Å². The number of phenolic OH excluding ortho intramolecular Hbond substituents is 1. The van der Waals surface area contributed by atoms with Crippen molar-refractivity contribution < 1.29 is 20.1 Å².